The van der Waals surface area contributed by atoms with Gasteiger partial charge in [0.05, 0.1) is 23.5 Å². The van der Waals surface area contributed by atoms with Crippen molar-refractivity contribution in [2.75, 3.05) is 6.54 Å². The molecule has 1 aromatic carbocycles. The number of fused-ring (bicyclic) bond motifs is 1. The largest absolute Gasteiger partial charge is 0.406 e. The lowest BCUT2D eigenvalue weighted by atomic mass is 10.1. The summed E-state index contributed by atoms with van der Waals surface area (Å²) in [5, 5.41) is 9.95. The lowest BCUT2D eigenvalue weighted by molar-refractivity contribution is -0.142. The van der Waals surface area contributed by atoms with Gasteiger partial charge in [0.15, 0.2) is 0 Å². The molecule has 1 fully saturated rings. The van der Waals surface area contributed by atoms with Gasteiger partial charge in [-0.2, -0.15) is 13.2 Å². The van der Waals surface area contributed by atoms with E-state index in [1.807, 2.05) is 11.8 Å². The van der Waals surface area contributed by atoms with Gasteiger partial charge in [-0.3, -0.25) is 14.3 Å². The molecular weight excluding hydrogens is 391 g/mol. The molecule has 1 unspecified atom stereocenters. The molecular formula is C18H18F3N5OS. The summed E-state index contributed by atoms with van der Waals surface area (Å²) in [6.07, 6.45) is -3.06. The Morgan fingerprint density at radius 3 is 2.75 bits per heavy atom. The summed E-state index contributed by atoms with van der Waals surface area (Å²) in [5.41, 5.74) is -0.240. The smallest absolute Gasteiger partial charge is 0.287 e. The molecule has 28 heavy (non-hydrogen) atoms. The van der Waals surface area contributed by atoms with Crippen molar-refractivity contribution in [2.45, 2.75) is 45.1 Å². The third kappa shape index (κ3) is 3.79. The summed E-state index contributed by atoms with van der Waals surface area (Å²) < 4.78 is 40.4. The van der Waals surface area contributed by atoms with E-state index in [2.05, 4.69) is 15.2 Å². The normalized spacial score (nSPS) is 18.2. The van der Waals surface area contributed by atoms with Crippen molar-refractivity contribution in [1.82, 2.24) is 24.6 Å². The monoisotopic (exact) mass is 409 g/mol. The van der Waals surface area contributed by atoms with Crippen molar-refractivity contribution in [3.63, 3.8) is 0 Å². The molecule has 3 aromatic rings. The van der Waals surface area contributed by atoms with Crippen molar-refractivity contribution >= 4 is 22.2 Å². The zero-order valence-electron chi connectivity index (χ0n) is 15.1. The molecule has 3 heterocycles. The van der Waals surface area contributed by atoms with Crippen LogP contribution in [0.2, 0.25) is 0 Å². The number of likely N-dealkylation sites (tertiary alicyclic amines) is 1. The number of aromatic nitrogens is 4. The minimum absolute atomic E-state index is 0.166. The molecule has 0 spiro atoms. The van der Waals surface area contributed by atoms with Crippen molar-refractivity contribution < 1.29 is 13.2 Å². The third-order valence-electron chi connectivity index (χ3n) is 4.80. The highest BCUT2D eigenvalue weighted by Gasteiger charge is 2.35. The minimum atomic E-state index is -4.51. The molecule has 6 nitrogen and oxygen atoms in total. The maximum Gasteiger partial charge on any atom is 0.406 e. The lowest BCUT2D eigenvalue weighted by Crippen LogP contribution is -2.35. The minimum Gasteiger partial charge on any atom is -0.287 e. The van der Waals surface area contributed by atoms with Crippen LogP contribution in [0.1, 0.15) is 34.7 Å². The number of rotatable bonds is 4. The number of hydrogen-bond donors (Lipinski definition) is 0. The molecule has 2 aromatic heterocycles. The zero-order valence-corrected chi connectivity index (χ0v) is 15.9. The molecule has 0 bridgehead atoms. The second-order valence-corrected chi connectivity index (χ2v) is 8.10. The topological polar surface area (TPSA) is 63.9 Å². The molecule has 1 saturated heterocycles. The maximum atomic E-state index is 13.2. The van der Waals surface area contributed by atoms with Crippen LogP contribution in [0.25, 0.3) is 10.9 Å². The number of halogens is 3. The second-order valence-electron chi connectivity index (χ2n) is 6.84. The first-order valence-corrected chi connectivity index (χ1v) is 9.73. The molecule has 0 saturated carbocycles. The van der Waals surface area contributed by atoms with Crippen molar-refractivity contribution in [3.8, 4) is 0 Å². The first-order chi connectivity index (χ1) is 13.3. The van der Waals surface area contributed by atoms with Crippen LogP contribution in [0.4, 0.5) is 13.2 Å². The number of benzene rings is 1. The van der Waals surface area contributed by atoms with E-state index in [-0.39, 0.29) is 17.3 Å². The Kier molecular flexibility index (Phi) is 4.92. The summed E-state index contributed by atoms with van der Waals surface area (Å²) in [6.45, 7) is 1.69. The van der Waals surface area contributed by atoms with E-state index in [1.54, 1.807) is 18.2 Å². The fourth-order valence-electron chi connectivity index (χ4n) is 3.65. The van der Waals surface area contributed by atoms with E-state index in [4.69, 9.17) is 0 Å². The van der Waals surface area contributed by atoms with Gasteiger partial charge < -0.3 is 0 Å². The summed E-state index contributed by atoms with van der Waals surface area (Å²) in [5.74, 6) is 0.166. The van der Waals surface area contributed by atoms with E-state index in [1.165, 1.54) is 17.4 Å². The second kappa shape index (κ2) is 7.25. The number of para-hydroxylation sites is 1. The predicted molar refractivity (Wildman–Crippen MR) is 99.1 cm³/mol. The van der Waals surface area contributed by atoms with Gasteiger partial charge in [-0.25, -0.2) is 4.98 Å². The van der Waals surface area contributed by atoms with Crippen molar-refractivity contribution in [3.05, 3.63) is 50.5 Å². The van der Waals surface area contributed by atoms with E-state index < -0.39 is 18.3 Å². The Morgan fingerprint density at radius 1 is 1.25 bits per heavy atom. The Bertz CT molecular complexity index is 1060. The highest BCUT2D eigenvalue weighted by molar-refractivity contribution is 7.11. The zero-order chi connectivity index (χ0) is 19.9. The lowest BCUT2D eigenvalue weighted by Gasteiger charge is -2.26. The van der Waals surface area contributed by atoms with E-state index >= 15 is 0 Å². The molecule has 10 heteroatoms. The van der Waals surface area contributed by atoms with Crippen LogP contribution in [0.3, 0.4) is 0 Å². The summed E-state index contributed by atoms with van der Waals surface area (Å²) in [6, 6.07) is 6.15. The summed E-state index contributed by atoms with van der Waals surface area (Å²) in [4.78, 5) is 19.4. The van der Waals surface area contributed by atoms with Gasteiger partial charge in [-0.15, -0.1) is 21.5 Å². The standard InChI is InChI=1S/C18H18F3N5OS/c1-11-23-24-15(28-11)9-25-8-4-7-14(25)16-22-13-6-3-2-5-12(13)17(27)26(16)10-18(19,20)21/h2-3,5-6,14H,4,7-10H2,1H3. The molecule has 0 radical (unpaired) electrons. The van der Waals surface area contributed by atoms with Crippen molar-refractivity contribution in [1.29, 1.82) is 0 Å². The van der Waals surface area contributed by atoms with Crippen LogP contribution >= 0.6 is 11.3 Å². The van der Waals surface area contributed by atoms with Crippen LogP contribution in [-0.4, -0.2) is 37.4 Å². The van der Waals surface area contributed by atoms with Crippen LogP contribution in [0.15, 0.2) is 29.1 Å². The highest BCUT2D eigenvalue weighted by Crippen LogP contribution is 2.33. The van der Waals surface area contributed by atoms with Gasteiger partial charge in [-0.05, 0) is 38.4 Å². The number of alkyl halides is 3. The molecule has 1 aliphatic heterocycles. The molecule has 4 rings (SSSR count). The first kappa shape index (κ1) is 19.0. The fourth-order valence-corrected chi connectivity index (χ4v) is 4.39. The molecule has 1 atom stereocenters. The van der Waals surface area contributed by atoms with Gasteiger partial charge in [0.2, 0.25) is 0 Å². The quantitative estimate of drug-likeness (QED) is 0.660. The van der Waals surface area contributed by atoms with Gasteiger partial charge in [-0.1, -0.05) is 12.1 Å². The third-order valence-corrected chi connectivity index (χ3v) is 5.62. The Balaban J connectivity index is 1.79. The van der Waals surface area contributed by atoms with Crippen LogP contribution < -0.4 is 5.56 Å². The SMILES string of the molecule is Cc1nnc(CN2CCCC2c2nc3ccccc3c(=O)n2CC(F)(F)F)s1. The first-order valence-electron chi connectivity index (χ1n) is 8.91. The van der Waals surface area contributed by atoms with E-state index in [9.17, 15) is 18.0 Å². The van der Waals surface area contributed by atoms with Crippen LogP contribution in [-0.2, 0) is 13.1 Å². The van der Waals surface area contributed by atoms with Gasteiger partial charge in [0.1, 0.15) is 22.4 Å². The Morgan fingerprint density at radius 2 is 2.04 bits per heavy atom. The van der Waals surface area contributed by atoms with Gasteiger partial charge in [0.25, 0.3) is 5.56 Å². The molecule has 148 valence electrons. The molecule has 0 aliphatic carbocycles. The number of nitrogens with zero attached hydrogens (tertiary/aromatic N) is 5. The van der Waals surface area contributed by atoms with Gasteiger partial charge in [0, 0.05) is 0 Å². The summed E-state index contributed by atoms with van der Waals surface area (Å²) >= 11 is 1.46. The maximum absolute atomic E-state index is 13.2. The molecule has 0 amide bonds. The van der Waals surface area contributed by atoms with Gasteiger partial charge >= 0.3 is 6.18 Å². The van der Waals surface area contributed by atoms with Crippen molar-refractivity contribution in [2.24, 2.45) is 0 Å². The Hall–Kier alpha value is -2.33. The van der Waals surface area contributed by atoms with Crippen LogP contribution in [0, 0.1) is 6.92 Å². The van der Waals surface area contributed by atoms with E-state index in [0.29, 0.717) is 25.0 Å². The average Bonchev–Trinajstić information content (AvgIpc) is 3.25. The average molecular weight is 409 g/mol. The van der Waals surface area contributed by atoms with E-state index in [0.717, 1.165) is 21.0 Å². The highest BCUT2D eigenvalue weighted by atomic mass is 32.1. The van der Waals surface area contributed by atoms with Crippen LogP contribution in [0.5, 0.6) is 0 Å². The number of aryl methyl sites for hydroxylation is 1. The fraction of sp³-hybridized carbons (Fsp3) is 0.444. The molecule has 1 aliphatic rings. The Labute approximate surface area is 162 Å². The predicted octanol–water partition coefficient (Wildman–Crippen LogP) is 3.46. The molecule has 0 N–H and O–H groups in total. The number of hydrogen-bond acceptors (Lipinski definition) is 6. The summed E-state index contributed by atoms with van der Waals surface area (Å²) in [7, 11) is 0.